The Balaban J connectivity index is -0.000000138. The summed E-state index contributed by atoms with van der Waals surface area (Å²) in [6, 6.07) is 0. The highest BCUT2D eigenvalue weighted by molar-refractivity contribution is 14.1. The van der Waals surface area contributed by atoms with E-state index >= 15 is 0 Å². The molecule has 0 aliphatic carbocycles. The number of halogens is 1. The Kier molecular flexibility index (Phi) is 35.1. The minimum absolute atomic E-state index is 1.03. The summed E-state index contributed by atoms with van der Waals surface area (Å²) in [6.45, 7) is 15.1. The van der Waals surface area contributed by atoms with Crippen molar-refractivity contribution in [2.45, 2.75) is 27.7 Å². The van der Waals surface area contributed by atoms with E-state index in [4.69, 9.17) is 0 Å². The molecule has 11 heavy (non-hydrogen) atoms. The minimum Gasteiger partial charge on any atom is -0.0991 e. The molecule has 0 saturated carbocycles. The molecule has 0 heterocycles. The Morgan fingerprint density at radius 2 is 1.55 bits per heavy atom. The average Bonchev–Trinajstić information content (AvgIpc) is 2.08. The van der Waals surface area contributed by atoms with E-state index in [1.54, 1.807) is 6.08 Å². The van der Waals surface area contributed by atoms with E-state index in [2.05, 4.69) is 35.7 Å². The molecule has 0 rings (SSSR count). The standard InChI is InChI=1S/C6H7I.2C2H6/c1-3-4-5-6(2)7;2*1-2/h3-5H,1-2H2;2*1-2H3/b5-4-;;. The van der Waals surface area contributed by atoms with Crippen molar-refractivity contribution in [2.75, 3.05) is 0 Å². The SMILES string of the molecule is C=C/C=C\C(=C)I.CC.CC. The summed E-state index contributed by atoms with van der Waals surface area (Å²) in [5, 5.41) is 0. The monoisotopic (exact) mass is 266 g/mol. The molecule has 1 heteroatoms. The molecule has 0 aliphatic heterocycles. The van der Waals surface area contributed by atoms with Crippen molar-refractivity contribution in [1.82, 2.24) is 0 Å². The Labute approximate surface area is 85.2 Å². The molecule has 0 fully saturated rings. The van der Waals surface area contributed by atoms with Crippen LogP contribution in [0.2, 0.25) is 0 Å². The van der Waals surface area contributed by atoms with Gasteiger partial charge in [-0.25, -0.2) is 0 Å². The van der Waals surface area contributed by atoms with Crippen LogP contribution in [0.3, 0.4) is 0 Å². The van der Waals surface area contributed by atoms with Gasteiger partial charge in [-0.2, -0.15) is 0 Å². The van der Waals surface area contributed by atoms with Crippen molar-refractivity contribution in [3.63, 3.8) is 0 Å². The van der Waals surface area contributed by atoms with Gasteiger partial charge in [-0.1, -0.05) is 53.0 Å². The van der Waals surface area contributed by atoms with Crippen molar-refractivity contribution >= 4 is 22.6 Å². The first-order chi connectivity index (χ1) is 5.27. The Morgan fingerprint density at radius 3 is 1.64 bits per heavy atom. The van der Waals surface area contributed by atoms with Crippen LogP contribution in [0.5, 0.6) is 0 Å². The molecule has 0 aromatic rings. The number of allylic oxidation sites excluding steroid dienone is 4. The molecule has 0 radical (unpaired) electrons. The highest BCUT2D eigenvalue weighted by Crippen LogP contribution is 2.01. The fourth-order valence-corrected chi connectivity index (χ4v) is 0.380. The van der Waals surface area contributed by atoms with Gasteiger partial charge in [0.25, 0.3) is 0 Å². The molecule has 0 bridgehead atoms. The van der Waals surface area contributed by atoms with Crippen molar-refractivity contribution in [1.29, 1.82) is 0 Å². The number of hydrogen-bond acceptors (Lipinski definition) is 0. The van der Waals surface area contributed by atoms with Crippen molar-refractivity contribution in [2.24, 2.45) is 0 Å². The van der Waals surface area contributed by atoms with E-state index in [1.807, 2.05) is 39.8 Å². The normalized spacial score (nSPS) is 7.00. The second-order valence-electron chi connectivity index (χ2n) is 1.04. The van der Waals surface area contributed by atoms with Gasteiger partial charge in [-0.15, -0.1) is 0 Å². The highest BCUT2D eigenvalue weighted by atomic mass is 127. The molecule has 0 amide bonds. The molecule has 0 saturated heterocycles. The van der Waals surface area contributed by atoms with Crippen molar-refractivity contribution in [3.05, 3.63) is 35.0 Å². The maximum Gasteiger partial charge on any atom is 0.00579 e. The zero-order valence-corrected chi connectivity index (χ0v) is 10.2. The Morgan fingerprint density at radius 1 is 1.18 bits per heavy atom. The predicted octanol–water partition coefficient (Wildman–Crippen LogP) is 4.73. The van der Waals surface area contributed by atoms with E-state index in [1.165, 1.54) is 0 Å². The number of hydrogen-bond donors (Lipinski definition) is 0. The first-order valence-electron chi connectivity index (χ1n) is 3.91. The smallest absolute Gasteiger partial charge is 0.00579 e. The molecule has 0 N–H and O–H groups in total. The lowest BCUT2D eigenvalue weighted by atomic mass is 10.5. The van der Waals surface area contributed by atoms with Crippen molar-refractivity contribution < 1.29 is 0 Å². The largest absolute Gasteiger partial charge is 0.0991 e. The van der Waals surface area contributed by atoms with Crippen LogP contribution in [-0.2, 0) is 0 Å². The Hall–Kier alpha value is -0.0500. The quantitative estimate of drug-likeness (QED) is 0.500. The zero-order chi connectivity index (χ0) is 9.70. The highest BCUT2D eigenvalue weighted by Gasteiger charge is 1.68. The average molecular weight is 266 g/mol. The van der Waals surface area contributed by atoms with Gasteiger partial charge in [0.15, 0.2) is 0 Å². The molecular weight excluding hydrogens is 247 g/mol. The summed E-state index contributed by atoms with van der Waals surface area (Å²) >= 11 is 2.14. The molecule has 0 aromatic heterocycles. The predicted molar refractivity (Wildman–Crippen MR) is 65.2 cm³/mol. The summed E-state index contributed by atoms with van der Waals surface area (Å²) in [6.07, 6.45) is 5.48. The lowest BCUT2D eigenvalue weighted by Crippen LogP contribution is -1.49. The molecule has 0 atom stereocenters. The van der Waals surface area contributed by atoms with E-state index in [9.17, 15) is 0 Å². The van der Waals surface area contributed by atoms with Crippen LogP contribution in [0.4, 0.5) is 0 Å². The van der Waals surface area contributed by atoms with E-state index in [0.717, 1.165) is 3.58 Å². The van der Waals surface area contributed by atoms with E-state index in [-0.39, 0.29) is 0 Å². The van der Waals surface area contributed by atoms with Crippen LogP contribution in [0.15, 0.2) is 35.0 Å². The van der Waals surface area contributed by atoms with E-state index < -0.39 is 0 Å². The second kappa shape index (κ2) is 22.5. The summed E-state index contributed by atoms with van der Waals surface area (Å²) in [5.74, 6) is 0. The first-order valence-corrected chi connectivity index (χ1v) is 4.98. The van der Waals surface area contributed by atoms with Crippen LogP contribution in [0, 0.1) is 0 Å². The fraction of sp³-hybridized carbons (Fsp3) is 0.400. The van der Waals surface area contributed by atoms with Gasteiger partial charge >= 0.3 is 0 Å². The molecular formula is C10H19I. The van der Waals surface area contributed by atoms with Crippen molar-refractivity contribution in [3.8, 4) is 0 Å². The van der Waals surface area contributed by atoms with E-state index in [0.29, 0.717) is 0 Å². The lowest BCUT2D eigenvalue weighted by Gasteiger charge is -1.74. The van der Waals surface area contributed by atoms with Crippen LogP contribution >= 0.6 is 22.6 Å². The molecule has 0 spiro atoms. The first kappa shape index (κ1) is 17.2. The molecule has 0 nitrogen and oxygen atoms in total. The summed E-state index contributed by atoms with van der Waals surface area (Å²) in [7, 11) is 0. The van der Waals surface area contributed by atoms with Gasteiger partial charge in [0.2, 0.25) is 0 Å². The third-order valence-corrected chi connectivity index (χ3v) is 0.773. The third-order valence-electron chi connectivity index (χ3n) is 0.413. The van der Waals surface area contributed by atoms with Crippen LogP contribution in [0.1, 0.15) is 27.7 Å². The summed E-state index contributed by atoms with van der Waals surface area (Å²) in [4.78, 5) is 0. The number of rotatable bonds is 2. The molecule has 0 unspecified atom stereocenters. The van der Waals surface area contributed by atoms with Crippen LogP contribution < -0.4 is 0 Å². The summed E-state index contributed by atoms with van der Waals surface area (Å²) < 4.78 is 1.03. The fourth-order valence-electron chi connectivity index (χ4n) is 0.172. The molecule has 0 aromatic carbocycles. The van der Waals surface area contributed by atoms with Gasteiger partial charge in [-0.05, 0) is 28.7 Å². The second-order valence-corrected chi connectivity index (χ2v) is 2.43. The van der Waals surface area contributed by atoms with Gasteiger partial charge < -0.3 is 0 Å². The van der Waals surface area contributed by atoms with Crippen LogP contribution in [-0.4, -0.2) is 0 Å². The topological polar surface area (TPSA) is 0 Å². The lowest BCUT2D eigenvalue weighted by molar-refractivity contribution is 1.50. The van der Waals surface area contributed by atoms with Gasteiger partial charge in [0.1, 0.15) is 0 Å². The zero-order valence-electron chi connectivity index (χ0n) is 8.02. The maximum absolute atomic E-state index is 3.64. The molecule has 66 valence electrons. The van der Waals surface area contributed by atoms with Gasteiger partial charge in [0.05, 0.1) is 0 Å². The summed E-state index contributed by atoms with van der Waals surface area (Å²) in [5.41, 5.74) is 0. The van der Waals surface area contributed by atoms with Gasteiger partial charge in [0, 0.05) is 3.58 Å². The third kappa shape index (κ3) is 40.3. The minimum atomic E-state index is 1.03. The van der Waals surface area contributed by atoms with Gasteiger partial charge in [-0.3, -0.25) is 0 Å². The van der Waals surface area contributed by atoms with Crippen LogP contribution in [0.25, 0.3) is 0 Å². The Bertz CT molecular complexity index is 101. The molecule has 0 aliphatic rings. The maximum atomic E-state index is 3.64.